The Hall–Kier alpha value is -2.37. The zero-order valence-corrected chi connectivity index (χ0v) is 18.3. The standard InChI is InChI=1S/C24H32N2O4/c1-23(2,3)22(28)30-26-21(27)15-6-7-16-14(13-15)5-8-18-17(16)11-12-24(4)19(18)9-10-20(24)25-29/h6-7,13,17-19,29H,5,8-12H2,1-4H3,(H,26,27)/b25-20-/t17-,18-,19+,24+/m1/s1. The molecule has 1 aromatic carbocycles. The lowest BCUT2D eigenvalue weighted by Crippen LogP contribution is -2.42. The first kappa shape index (κ1) is 20.9. The molecule has 2 fully saturated rings. The van der Waals surface area contributed by atoms with Gasteiger partial charge in [-0.25, -0.2) is 4.79 Å². The van der Waals surface area contributed by atoms with Gasteiger partial charge in [0.15, 0.2) is 0 Å². The van der Waals surface area contributed by atoms with Crippen LogP contribution in [0, 0.1) is 22.7 Å². The van der Waals surface area contributed by atoms with E-state index in [0.29, 0.717) is 23.3 Å². The van der Waals surface area contributed by atoms with Gasteiger partial charge < -0.3 is 10.0 Å². The zero-order chi connectivity index (χ0) is 21.7. The van der Waals surface area contributed by atoms with Crippen LogP contribution in [0.4, 0.5) is 0 Å². The van der Waals surface area contributed by atoms with Gasteiger partial charge in [0.2, 0.25) is 0 Å². The molecule has 0 bridgehead atoms. The monoisotopic (exact) mass is 412 g/mol. The third kappa shape index (κ3) is 3.40. The van der Waals surface area contributed by atoms with Crippen LogP contribution in [0.3, 0.4) is 0 Å². The molecule has 0 aromatic heterocycles. The number of carbonyl (C=O) groups excluding carboxylic acids is 2. The average Bonchev–Trinajstić information content (AvgIpc) is 3.06. The Morgan fingerprint density at radius 1 is 1.20 bits per heavy atom. The van der Waals surface area contributed by atoms with Crippen molar-refractivity contribution in [3.05, 3.63) is 34.9 Å². The van der Waals surface area contributed by atoms with Crippen molar-refractivity contribution in [3.63, 3.8) is 0 Å². The first-order valence-corrected chi connectivity index (χ1v) is 11.0. The molecular weight excluding hydrogens is 380 g/mol. The highest BCUT2D eigenvalue weighted by Crippen LogP contribution is 2.59. The van der Waals surface area contributed by atoms with E-state index in [-0.39, 0.29) is 5.41 Å². The number of amides is 1. The Bertz CT molecular complexity index is 901. The molecule has 4 atom stereocenters. The van der Waals surface area contributed by atoms with Crippen molar-refractivity contribution < 1.29 is 19.6 Å². The number of nitrogens with zero attached hydrogens (tertiary/aromatic N) is 1. The lowest BCUT2D eigenvalue weighted by molar-refractivity contribution is -0.158. The zero-order valence-electron chi connectivity index (χ0n) is 18.3. The molecule has 4 rings (SSSR count). The second kappa shape index (κ2) is 7.40. The van der Waals surface area contributed by atoms with Crippen LogP contribution in [0.2, 0.25) is 0 Å². The van der Waals surface area contributed by atoms with Gasteiger partial charge in [0.25, 0.3) is 5.91 Å². The summed E-state index contributed by atoms with van der Waals surface area (Å²) in [5.74, 6) is 0.802. The summed E-state index contributed by atoms with van der Waals surface area (Å²) in [5.41, 5.74) is 5.73. The number of benzene rings is 1. The van der Waals surface area contributed by atoms with Gasteiger partial charge in [-0.3, -0.25) is 4.79 Å². The SMILES string of the molecule is CC(C)(C)C(=O)ONC(=O)c1ccc2c(c1)CC[C@@H]1[C@@H]2CC[C@]2(C)/C(=N\O)CC[C@@H]12. The Balaban J connectivity index is 1.50. The van der Waals surface area contributed by atoms with Crippen molar-refractivity contribution in [2.24, 2.45) is 27.8 Å². The largest absolute Gasteiger partial charge is 0.411 e. The molecule has 162 valence electrons. The molecule has 0 saturated heterocycles. The van der Waals surface area contributed by atoms with Gasteiger partial charge in [-0.1, -0.05) is 18.1 Å². The van der Waals surface area contributed by atoms with Gasteiger partial charge in [-0.05, 0) is 100 Å². The summed E-state index contributed by atoms with van der Waals surface area (Å²) in [7, 11) is 0. The predicted octanol–water partition coefficient (Wildman–Crippen LogP) is 4.61. The van der Waals surface area contributed by atoms with E-state index in [0.717, 1.165) is 44.2 Å². The first-order valence-electron chi connectivity index (χ1n) is 11.0. The average molecular weight is 413 g/mol. The van der Waals surface area contributed by atoms with Crippen molar-refractivity contribution in [2.45, 2.75) is 72.1 Å². The summed E-state index contributed by atoms with van der Waals surface area (Å²) in [6.07, 6.45) is 6.17. The van der Waals surface area contributed by atoms with E-state index in [1.54, 1.807) is 20.8 Å². The third-order valence-corrected chi connectivity index (χ3v) is 7.70. The van der Waals surface area contributed by atoms with Crippen LogP contribution in [0.25, 0.3) is 0 Å². The molecular formula is C24H32N2O4. The van der Waals surface area contributed by atoms with E-state index >= 15 is 0 Å². The van der Waals surface area contributed by atoms with Crippen molar-refractivity contribution in [1.29, 1.82) is 0 Å². The number of nitrogens with one attached hydrogen (secondary N) is 1. The molecule has 30 heavy (non-hydrogen) atoms. The van der Waals surface area contributed by atoms with Gasteiger partial charge >= 0.3 is 5.97 Å². The van der Waals surface area contributed by atoms with E-state index in [1.807, 2.05) is 12.1 Å². The number of carbonyl (C=O) groups is 2. The molecule has 3 aliphatic rings. The maximum absolute atomic E-state index is 12.5. The lowest BCUT2D eigenvalue weighted by Gasteiger charge is -2.49. The van der Waals surface area contributed by atoms with E-state index < -0.39 is 17.3 Å². The molecule has 0 spiro atoms. The van der Waals surface area contributed by atoms with E-state index in [1.165, 1.54) is 11.1 Å². The van der Waals surface area contributed by atoms with Gasteiger partial charge in [0.05, 0.1) is 11.1 Å². The van der Waals surface area contributed by atoms with E-state index in [4.69, 9.17) is 4.84 Å². The molecule has 0 unspecified atom stereocenters. The van der Waals surface area contributed by atoms with Crippen LogP contribution in [0.15, 0.2) is 23.4 Å². The van der Waals surface area contributed by atoms with Crippen molar-refractivity contribution in [1.82, 2.24) is 5.48 Å². The number of fused-ring (bicyclic) bond motifs is 5. The molecule has 6 nitrogen and oxygen atoms in total. The normalized spacial score (nSPS) is 31.5. The number of hydroxylamine groups is 1. The Morgan fingerprint density at radius 3 is 2.67 bits per heavy atom. The van der Waals surface area contributed by atoms with Gasteiger partial charge in [0, 0.05) is 11.0 Å². The predicted molar refractivity (Wildman–Crippen MR) is 113 cm³/mol. The van der Waals surface area contributed by atoms with Crippen LogP contribution in [0.1, 0.15) is 87.2 Å². The van der Waals surface area contributed by atoms with Gasteiger partial charge in [0.1, 0.15) is 0 Å². The maximum Gasteiger partial charge on any atom is 0.337 e. The molecule has 6 heteroatoms. The fourth-order valence-corrected chi connectivity index (χ4v) is 5.98. The topological polar surface area (TPSA) is 88.0 Å². The second-order valence-corrected chi connectivity index (χ2v) is 10.4. The van der Waals surface area contributed by atoms with Gasteiger partial charge in [-0.2, -0.15) is 5.48 Å². The highest BCUT2D eigenvalue weighted by molar-refractivity contribution is 5.95. The molecule has 1 aromatic rings. The number of oxime groups is 1. The smallest absolute Gasteiger partial charge is 0.337 e. The number of hydrogen-bond acceptors (Lipinski definition) is 5. The maximum atomic E-state index is 12.5. The Morgan fingerprint density at radius 2 is 1.97 bits per heavy atom. The van der Waals surface area contributed by atoms with Crippen LogP contribution < -0.4 is 5.48 Å². The lowest BCUT2D eigenvalue weighted by atomic mass is 9.55. The molecule has 0 heterocycles. The minimum absolute atomic E-state index is 0.0319. The Labute approximate surface area is 178 Å². The summed E-state index contributed by atoms with van der Waals surface area (Å²) >= 11 is 0. The quantitative estimate of drug-likeness (QED) is 0.521. The van der Waals surface area contributed by atoms with E-state index in [2.05, 4.69) is 23.6 Å². The van der Waals surface area contributed by atoms with Crippen LogP contribution >= 0.6 is 0 Å². The van der Waals surface area contributed by atoms with E-state index in [9.17, 15) is 14.8 Å². The first-order chi connectivity index (χ1) is 14.1. The molecule has 2 N–H and O–H groups in total. The second-order valence-electron chi connectivity index (χ2n) is 10.4. The van der Waals surface area contributed by atoms with Crippen molar-refractivity contribution in [2.75, 3.05) is 0 Å². The number of aryl methyl sites for hydroxylation is 1. The minimum Gasteiger partial charge on any atom is -0.411 e. The molecule has 0 aliphatic heterocycles. The summed E-state index contributed by atoms with van der Waals surface area (Å²) in [5, 5.41) is 13.1. The van der Waals surface area contributed by atoms with Gasteiger partial charge in [-0.15, -0.1) is 0 Å². The summed E-state index contributed by atoms with van der Waals surface area (Å²) in [6, 6.07) is 5.88. The van der Waals surface area contributed by atoms with Crippen LogP contribution in [-0.2, 0) is 16.1 Å². The summed E-state index contributed by atoms with van der Waals surface area (Å²) < 4.78 is 0. The van der Waals surface area contributed by atoms with Crippen molar-refractivity contribution >= 4 is 17.6 Å². The van der Waals surface area contributed by atoms with Crippen LogP contribution in [0.5, 0.6) is 0 Å². The number of rotatable bonds is 1. The Kier molecular flexibility index (Phi) is 5.15. The highest BCUT2D eigenvalue weighted by atomic mass is 16.7. The fourth-order valence-electron chi connectivity index (χ4n) is 5.98. The van der Waals surface area contributed by atoms with Crippen molar-refractivity contribution in [3.8, 4) is 0 Å². The molecule has 2 saturated carbocycles. The fraction of sp³-hybridized carbons (Fsp3) is 0.625. The third-order valence-electron chi connectivity index (χ3n) is 7.70. The minimum atomic E-state index is -0.672. The molecule has 0 radical (unpaired) electrons. The molecule has 1 amide bonds. The number of hydrogen-bond donors (Lipinski definition) is 2. The highest BCUT2D eigenvalue weighted by Gasteiger charge is 2.53. The summed E-state index contributed by atoms with van der Waals surface area (Å²) in [4.78, 5) is 29.3. The molecule has 3 aliphatic carbocycles. The van der Waals surface area contributed by atoms with Crippen LogP contribution in [-0.4, -0.2) is 22.8 Å². The summed E-state index contributed by atoms with van der Waals surface area (Å²) in [6.45, 7) is 7.50.